The number of hydrogen-bond donors (Lipinski definition) is 1. The number of rotatable bonds is 7. The minimum Gasteiger partial charge on any atom is -0.467 e. The topological polar surface area (TPSA) is 96.0 Å². The van der Waals surface area contributed by atoms with E-state index in [4.69, 9.17) is 14.5 Å². The number of furan rings is 1. The second-order valence-corrected chi connectivity index (χ2v) is 10.6. The molecular formula is C35H30N6O3. The van der Waals surface area contributed by atoms with Crippen LogP contribution in [0.15, 0.2) is 120 Å². The number of fused-ring (bicyclic) bond motifs is 1. The zero-order valence-electron chi connectivity index (χ0n) is 24.0. The van der Waals surface area contributed by atoms with Crippen LogP contribution in [0.4, 0.5) is 5.69 Å². The first kappa shape index (κ1) is 27.2. The average Bonchev–Trinajstić information content (AvgIpc) is 3.78. The van der Waals surface area contributed by atoms with Crippen molar-refractivity contribution in [2.24, 2.45) is 0 Å². The third-order valence-corrected chi connectivity index (χ3v) is 7.83. The van der Waals surface area contributed by atoms with E-state index in [1.807, 2.05) is 109 Å². The van der Waals surface area contributed by atoms with Crippen LogP contribution in [0.2, 0.25) is 0 Å². The van der Waals surface area contributed by atoms with E-state index in [-0.39, 0.29) is 11.8 Å². The first-order valence-electron chi connectivity index (χ1n) is 14.6. The molecule has 2 amide bonds. The average molecular weight is 583 g/mol. The Hall–Kier alpha value is -5.70. The third-order valence-electron chi connectivity index (χ3n) is 7.83. The quantitative estimate of drug-likeness (QED) is 0.253. The maximum absolute atomic E-state index is 13.8. The molecule has 6 aromatic rings. The van der Waals surface area contributed by atoms with Crippen LogP contribution in [0, 0.1) is 0 Å². The van der Waals surface area contributed by atoms with E-state index in [2.05, 4.69) is 5.32 Å². The Balaban J connectivity index is 1.10. The Labute approximate surface area is 254 Å². The molecule has 0 atom stereocenters. The summed E-state index contributed by atoms with van der Waals surface area (Å²) < 4.78 is 7.21. The lowest BCUT2D eigenvalue weighted by Gasteiger charge is -2.35. The molecule has 3 aromatic carbocycles. The van der Waals surface area contributed by atoms with Gasteiger partial charge in [0.25, 0.3) is 11.8 Å². The molecule has 0 bridgehead atoms. The van der Waals surface area contributed by atoms with Crippen LogP contribution in [0.5, 0.6) is 0 Å². The summed E-state index contributed by atoms with van der Waals surface area (Å²) >= 11 is 0. The lowest BCUT2D eigenvalue weighted by atomic mass is 10.1. The number of anilines is 1. The Morgan fingerprint density at radius 3 is 2.09 bits per heavy atom. The number of nitrogens with zero attached hydrogens (tertiary/aromatic N) is 5. The SMILES string of the molecule is O=C(c1cc(-c2ccccc2)n2nc(-c3ccccc3)cc2n1)N1CCN(C(=O)c2ccccc2NCc2ccco2)CC1. The van der Waals surface area contributed by atoms with Crippen LogP contribution < -0.4 is 5.32 Å². The van der Waals surface area contributed by atoms with Crippen molar-refractivity contribution in [3.05, 3.63) is 132 Å². The van der Waals surface area contributed by atoms with E-state index in [0.29, 0.717) is 49.6 Å². The Morgan fingerprint density at radius 2 is 1.39 bits per heavy atom. The molecule has 1 fully saturated rings. The number of carbonyl (C=O) groups excluding carboxylic acids is 2. The first-order valence-corrected chi connectivity index (χ1v) is 14.6. The van der Waals surface area contributed by atoms with Crippen molar-refractivity contribution in [3.63, 3.8) is 0 Å². The highest BCUT2D eigenvalue weighted by atomic mass is 16.3. The summed E-state index contributed by atoms with van der Waals surface area (Å²) in [7, 11) is 0. The fraction of sp³-hybridized carbons (Fsp3) is 0.143. The summed E-state index contributed by atoms with van der Waals surface area (Å²) in [5, 5.41) is 8.15. The molecule has 218 valence electrons. The highest BCUT2D eigenvalue weighted by Crippen LogP contribution is 2.26. The lowest BCUT2D eigenvalue weighted by molar-refractivity contribution is 0.0533. The normalized spacial score (nSPS) is 13.3. The molecule has 0 aliphatic carbocycles. The first-order chi connectivity index (χ1) is 21.6. The van der Waals surface area contributed by atoms with E-state index in [9.17, 15) is 9.59 Å². The van der Waals surface area contributed by atoms with Gasteiger partial charge in [0.2, 0.25) is 0 Å². The molecule has 0 unspecified atom stereocenters. The van der Waals surface area contributed by atoms with Gasteiger partial charge in [-0.05, 0) is 30.3 Å². The molecule has 1 aliphatic heterocycles. The van der Waals surface area contributed by atoms with Crippen LogP contribution >= 0.6 is 0 Å². The molecular weight excluding hydrogens is 552 g/mol. The second kappa shape index (κ2) is 11.9. The fourth-order valence-corrected chi connectivity index (χ4v) is 5.51. The van der Waals surface area contributed by atoms with Crippen molar-refractivity contribution >= 4 is 23.1 Å². The summed E-state index contributed by atoms with van der Waals surface area (Å²) in [6.07, 6.45) is 1.63. The molecule has 7 rings (SSSR count). The summed E-state index contributed by atoms with van der Waals surface area (Å²) in [4.78, 5) is 35.7. The number of carbonyl (C=O) groups is 2. The van der Waals surface area contributed by atoms with Gasteiger partial charge in [-0.1, -0.05) is 72.8 Å². The number of nitrogens with one attached hydrogen (secondary N) is 1. The predicted octanol–water partition coefficient (Wildman–Crippen LogP) is 5.87. The van der Waals surface area contributed by atoms with Gasteiger partial charge >= 0.3 is 0 Å². The smallest absolute Gasteiger partial charge is 0.272 e. The number of aromatic nitrogens is 3. The number of piperazine rings is 1. The molecule has 1 N–H and O–H groups in total. The van der Waals surface area contributed by atoms with Crippen LogP contribution in [-0.4, -0.2) is 62.4 Å². The molecule has 44 heavy (non-hydrogen) atoms. The van der Waals surface area contributed by atoms with Crippen molar-refractivity contribution < 1.29 is 14.0 Å². The van der Waals surface area contributed by atoms with E-state index in [0.717, 1.165) is 34.0 Å². The largest absolute Gasteiger partial charge is 0.467 e. The Bertz CT molecular complexity index is 1910. The van der Waals surface area contributed by atoms with Gasteiger partial charge in [-0.25, -0.2) is 9.50 Å². The fourth-order valence-electron chi connectivity index (χ4n) is 5.51. The van der Waals surface area contributed by atoms with Gasteiger partial charge in [-0.3, -0.25) is 9.59 Å². The van der Waals surface area contributed by atoms with Gasteiger partial charge in [0.15, 0.2) is 5.65 Å². The van der Waals surface area contributed by atoms with Crippen molar-refractivity contribution in [1.29, 1.82) is 0 Å². The van der Waals surface area contributed by atoms with Gasteiger partial charge in [0.1, 0.15) is 11.5 Å². The minimum absolute atomic E-state index is 0.0711. The summed E-state index contributed by atoms with van der Waals surface area (Å²) in [5.41, 5.74) is 5.76. The van der Waals surface area contributed by atoms with Crippen molar-refractivity contribution in [3.8, 4) is 22.5 Å². The maximum Gasteiger partial charge on any atom is 0.272 e. The third kappa shape index (κ3) is 5.43. The molecule has 1 saturated heterocycles. The zero-order chi connectivity index (χ0) is 29.9. The van der Waals surface area contributed by atoms with Crippen molar-refractivity contribution in [2.75, 3.05) is 31.5 Å². The zero-order valence-corrected chi connectivity index (χ0v) is 24.0. The van der Waals surface area contributed by atoms with Gasteiger partial charge in [0.05, 0.1) is 29.8 Å². The monoisotopic (exact) mass is 582 g/mol. The Morgan fingerprint density at radius 1 is 0.727 bits per heavy atom. The van der Waals surface area contributed by atoms with E-state index < -0.39 is 0 Å². The number of para-hydroxylation sites is 1. The molecule has 9 heteroatoms. The molecule has 0 saturated carbocycles. The predicted molar refractivity (Wildman–Crippen MR) is 168 cm³/mol. The van der Waals surface area contributed by atoms with E-state index >= 15 is 0 Å². The molecule has 9 nitrogen and oxygen atoms in total. The summed E-state index contributed by atoms with van der Waals surface area (Å²) in [6.45, 7) is 2.15. The van der Waals surface area contributed by atoms with Crippen molar-refractivity contribution in [2.45, 2.75) is 6.54 Å². The van der Waals surface area contributed by atoms with Gasteiger partial charge < -0.3 is 19.5 Å². The van der Waals surface area contributed by atoms with Crippen LogP contribution in [0.25, 0.3) is 28.2 Å². The van der Waals surface area contributed by atoms with Gasteiger partial charge in [0, 0.05) is 49.1 Å². The molecule has 3 aromatic heterocycles. The number of hydrogen-bond acceptors (Lipinski definition) is 6. The highest BCUT2D eigenvalue weighted by molar-refractivity contribution is 6.00. The standard InChI is InChI=1S/C35H30N6O3/c42-34(28-15-7-8-16-29(28)36-24-27-14-9-21-44-27)39-17-19-40(20-18-39)35(43)31-22-32(26-12-5-2-6-13-26)41-33(37-31)23-30(38-41)25-10-3-1-4-11-25/h1-16,21-23,36H,17-20,24H2. The number of amides is 2. The van der Waals surface area contributed by atoms with E-state index in [1.165, 1.54) is 0 Å². The molecule has 4 heterocycles. The number of benzene rings is 3. The van der Waals surface area contributed by atoms with Gasteiger partial charge in [-0.2, -0.15) is 5.10 Å². The minimum atomic E-state index is -0.167. The van der Waals surface area contributed by atoms with E-state index in [1.54, 1.807) is 20.6 Å². The molecule has 0 radical (unpaired) electrons. The van der Waals surface area contributed by atoms with Crippen LogP contribution in [0.1, 0.15) is 26.6 Å². The summed E-state index contributed by atoms with van der Waals surface area (Å²) in [5.74, 6) is 0.548. The lowest BCUT2D eigenvalue weighted by Crippen LogP contribution is -2.50. The van der Waals surface area contributed by atoms with Crippen LogP contribution in [0.3, 0.4) is 0 Å². The molecule has 1 aliphatic rings. The maximum atomic E-state index is 13.8. The summed E-state index contributed by atoms with van der Waals surface area (Å²) in [6, 6.07) is 34.7. The van der Waals surface area contributed by atoms with Crippen LogP contribution in [-0.2, 0) is 6.54 Å². The molecule has 0 spiro atoms. The second-order valence-electron chi connectivity index (χ2n) is 10.6. The van der Waals surface area contributed by atoms with Crippen molar-refractivity contribution in [1.82, 2.24) is 24.4 Å². The van der Waals surface area contributed by atoms with Gasteiger partial charge in [-0.15, -0.1) is 0 Å². The highest BCUT2D eigenvalue weighted by Gasteiger charge is 2.28. The Kier molecular flexibility index (Phi) is 7.34.